The van der Waals surface area contributed by atoms with Crippen molar-refractivity contribution in [2.75, 3.05) is 11.4 Å². The maximum absolute atomic E-state index is 14.8. The van der Waals surface area contributed by atoms with E-state index in [1.165, 1.54) is 43.4 Å². The summed E-state index contributed by atoms with van der Waals surface area (Å²) in [5.41, 5.74) is 3.85. The van der Waals surface area contributed by atoms with E-state index in [0.29, 0.717) is 48.3 Å². The minimum Gasteiger partial charge on any atom is -0.309 e. The molecule has 4 aliphatic carbocycles. The molecule has 1 heterocycles. The molecule has 0 bridgehead atoms. The number of aliphatic imine (C=N–C) groups is 1. The summed E-state index contributed by atoms with van der Waals surface area (Å²) in [4.78, 5) is 34.5. The highest BCUT2D eigenvalue weighted by molar-refractivity contribution is 6.07. The Kier molecular flexibility index (Phi) is 7.31. The van der Waals surface area contributed by atoms with Crippen LogP contribution >= 0.6 is 0 Å². The number of anilines is 1. The number of carbonyl (C=O) groups is 2. The van der Waals surface area contributed by atoms with Gasteiger partial charge in [0.15, 0.2) is 0 Å². The summed E-state index contributed by atoms with van der Waals surface area (Å²) in [6, 6.07) is 9.29. The highest BCUT2D eigenvalue weighted by Gasteiger charge is 2.61. The van der Waals surface area contributed by atoms with Crippen molar-refractivity contribution in [1.82, 2.24) is 0 Å². The van der Waals surface area contributed by atoms with Crippen LogP contribution in [0.1, 0.15) is 124 Å². The van der Waals surface area contributed by atoms with Gasteiger partial charge in [-0.15, -0.1) is 0 Å². The monoisotopic (exact) mass is 544 g/mol. The number of fused-ring (bicyclic) bond motifs is 5. The lowest BCUT2D eigenvalue weighted by Crippen LogP contribution is -2.56. The Balaban J connectivity index is 1.29. The molecule has 4 saturated carbocycles. The van der Waals surface area contributed by atoms with Crippen molar-refractivity contribution in [3.63, 3.8) is 0 Å². The molecular formula is C36H52N2O2. The second-order valence-electron chi connectivity index (χ2n) is 15.6. The molecule has 0 aromatic heterocycles. The van der Waals surface area contributed by atoms with E-state index in [4.69, 9.17) is 4.99 Å². The average molecular weight is 545 g/mol. The Bertz CT molecular complexity index is 1150. The molecule has 4 nitrogen and oxygen atoms in total. The van der Waals surface area contributed by atoms with Crippen molar-refractivity contribution in [3.8, 4) is 0 Å². The zero-order valence-corrected chi connectivity index (χ0v) is 25.8. The third kappa shape index (κ3) is 4.70. The van der Waals surface area contributed by atoms with Crippen LogP contribution in [0.5, 0.6) is 0 Å². The molecule has 1 aliphatic heterocycles. The van der Waals surface area contributed by atoms with E-state index < -0.39 is 0 Å². The Morgan fingerprint density at radius 1 is 0.900 bits per heavy atom. The first-order valence-corrected chi connectivity index (χ1v) is 16.5. The largest absolute Gasteiger partial charge is 0.309 e. The SMILES string of the molecule is CC(C)(C)c1ccc(N(C(=O)C2CC[C@H]3[C@@H]4CN=C5CC(=O)CC[C@]5(C)[C@@H]4CC[C@]23C)C2CCCCCC2)cc1. The van der Waals surface area contributed by atoms with Crippen molar-refractivity contribution in [3.05, 3.63) is 29.8 Å². The van der Waals surface area contributed by atoms with Gasteiger partial charge in [-0.1, -0.05) is 72.4 Å². The predicted octanol–water partition coefficient (Wildman–Crippen LogP) is 8.31. The molecule has 6 rings (SSSR count). The average Bonchev–Trinajstić information content (AvgIpc) is 3.06. The molecule has 4 heteroatoms. The molecule has 1 aromatic rings. The van der Waals surface area contributed by atoms with E-state index in [0.717, 1.165) is 50.8 Å². The number of hydrogen-bond donors (Lipinski definition) is 0. The van der Waals surface area contributed by atoms with Gasteiger partial charge in [-0.3, -0.25) is 14.6 Å². The van der Waals surface area contributed by atoms with Gasteiger partial charge >= 0.3 is 0 Å². The molecule has 1 aromatic carbocycles. The van der Waals surface area contributed by atoms with Gasteiger partial charge in [-0.25, -0.2) is 0 Å². The first kappa shape index (κ1) is 28.2. The minimum absolute atomic E-state index is 0.0421. The normalized spacial score (nSPS) is 36.6. The van der Waals surface area contributed by atoms with Crippen LogP contribution < -0.4 is 4.90 Å². The maximum Gasteiger partial charge on any atom is 0.230 e. The third-order valence-corrected chi connectivity index (χ3v) is 12.4. The Hall–Kier alpha value is -1.97. The fourth-order valence-corrected chi connectivity index (χ4v) is 9.93. The molecule has 1 amide bonds. The van der Waals surface area contributed by atoms with Crippen molar-refractivity contribution in [2.45, 2.75) is 130 Å². The molecule has 6 atom stereocenters. The van der Waals surface area contributed by atoms with Gasteiger partial charge < -0.3 is 4.90 Å². The second kappa shape index (κ2) is 10.4. The Morgan fingerprint density at radius 2 is 1.60 bits per heavy atom. The summed E-state index contributed by atoms with van der Waals surface area (Å²) in [6.45, 7) is 12.5. The van der Waals surface area contributed by atoms with Crippen molar-refractivity contribution < 1.29 is 9.59 Å². The molecular weight excluding hydrogens is 492 g/mol. The van der Waals surface area contributed by atoms with E-state index in [-0.39, 0.29) is 22.2 Å². The lowest BCUT2D eigenvalue weighted by molar-refractivity contribution is -0.129. The van der Waals surface area contributed by atoms with Crippen molar-refractivity contribution in [2.24, 2.45) is 39.5 Å². The summed E-state index contributed by atoms with van der Waals surface area (Å²) in [5, 5.41) is 0. The zero-order valence-electron chi connectivity index (χ0n) is 25.8. The van der Waals surface area contributed by atoms with E-state index in [2.05, 4.69) is 63.8 Å². The number of hydrogen-bond acceptors (Lipinski definition) is 3. The highest BCUT2D eigenvalue weighted by atomic mass is 16.2. The topological polar surface area (TPSA) is 49.7 Å². The first-order chi connectivity index (χ1) is 19.0. The summed E-state index contributed by atoms with van der Waals surface area (Å²) in [5.74, 6) is 2.58. The molecule has 0 radical (unpaired) electrons. The molecule has 0 N–H and O–H groups in total. The second-order valence-corrected chi connectivity index (χ2v) is 15.6. The van der Waals surface area contributed by atoms with Crippen LogP contribution in [0.4, 0.5) is 5.69 Å². The van der Waals surface area contributed by atoms with Crippen LogP contribution in [0.25, 0.3) is 0 Å². The Labute approximate surface area is 242 Å². The molecule has 0 saturated heterocycles. The lowest BCUT2D eigenvalue weighted by Gasteiger charge is -2.56. The Morgan fingerprint density at radius 3 is 2.27 bits per heavy atom. The van der Waals surface area contributed by atoms with Gasteiger partial charge in [0.2, 0.25) is 5.91 Å². The van der Waals surface area contributed by atoms with Gasteiger partial charge in [-0.2, -0.15) is 0 Å². The van der Waals surface area contributed by atoms with E-state index in [1.807, 2.05) is 0 Å². The van der Waals surface area contributed by atoms with Gasteiger partial charge in [0.25, 0.3) is 0 Å². The zero-order chi connectivity index (χ0) is 28.3. The third-order valence-electron chi connectivity index (χ3n) is 12.4. The van der Waals surface area contributed by atoms with Gasteiger partial charge in [0.1, 0.15) is 5.78 Å². The summed E-state index contributed by atoms with van der Waals surface area (Å²) < 4.78 is 0. The highest BCUT2D eigenvalue weighted by Crippen LogP contribution is 2.64. The predicted molar refractivity (Wildman–Crippen MR) is 164 cm³/mol. The quantitative estimate of drug-likeness (QED) is 0.359. The number of rotatable bonds is 3. The van der Waals surface area contributed by atoms with Crippen LogP contribution in [0.2, 0.25) is 0 Å². The van der Waals surface area contributed by atoms with Gasteiger partial charge in [-0.05, 0) is 91.2 Å². The number of benzene rings is 1. The van der Waals surface area contributed by atoms with Crippen molar-refractivity contribution in [1.29, 1.82) is 0 Å². The van der Waals surface area contributed by atoms with Crippen LogP contribution in [0.15, 0.2) is 29.3 Å². The molecule has 218 valence electrons. The number of amides is 1. The van der Waals surface area contributed by atoms with E-state index in [9.17, 15) is 9.59 Å². The van der Waals surface area contributed by atoms with Crippen molar-refractivity contribution >= 4 is 23.1 Å². The van der Waals surface area contributed by atoms with Crippen LogP contribution in [0.3, 0.4) is 0 Å². The van der Waals surface area contributed by atoms with Gasteiger partial charge in [0.05, 0.1) is 0 Å². The fraction of sp³-hybridized carbons (Fsp3) is 0.750. The standard InChI is InChI=1S/C36H52N2O2/c1-34(2,3)24-12-14-26(15-13-24)38(25-10-8-6-7-9-11-25)33(40)31-17-16-29-28-23-37-32-22-27(39)18-20-36(32,5)30(28)19-21-35(29,31)4/h12-15,25,28-31H,6-11,16-23H2,1-5H3/t28-,29-,30+,31?,35-,36+/m0/s1. The number of Topliss-reactive ketones (excluding diaryl/α,β-unsaturated/α-hetero) is 1. The smallest absolute Gasteiger partial charge is 0.230 e. The minimum atomic E-state index is 0.0421. The molecule has 5 aliphatic rings. The summed E-state index contributed by atoms with van der Waals surface area (Å²) in [7, 11) is 0. The van der Waals surface area contributed by atoms with Crippen LogP contribution in [0, 0.1) is 34.5 Å². The molecule has 0 spiro atoms. The molecule has 40 heavy (non-hydrogen) atoms. The summed E-state index contributed by atoms with van der Waals surface area (Å²) in [6.07, 6.45) is 14.0. The number of carbonyl (C=O) groups excluding carboxylic acids is 2. The van der Waals surface area contributed by atoms with Crippen LogP contribution in [-0.4, -0.2) is 30.0 Å². The maximum atomic E-state index is 14.8. The van der Waals surface area contributed by atoms with Gasteiger partial charge in [0, 0.05) is 48.2 Å². The first-order valence-electron chi connectivity index (χ1n) is 16.5. The van der Waals surface area contributed by atoms with E-state index >= 15 is 0 Å². The number of ketones is 1. The molecule has 1 unspecified atom stereocenters. The number of nitrogens with zero attached hydrogens (tertiary/aromatic N) is 2. The fourth-order valence-electron chi connectivity index (χ4n) is 9.93. The molecule has 4 fully saturated rings. The summed E-state index contributed by atoms with van der Waals surface area (Å²) >= 11 is 0. The van der Waals surface area contributed by atoms with E-state index in [1.54, 1.807) is 0 Å². The van der Waals surface area contributed by atoms with Crippen LogP contribution in [-0.2, 0) is 15.0 Å². The lowest BCUT2D eigenvalue weighted by atomic mass is 9.49.